The van der Waals surface area contributed by atoms with Gasteiger partial charge in [0.05, 0.1) is 0 Å². The molecule has 2 N–H and O–H groups in total. The number of primary amides is 1. The molecule has 0 aliphatic heterocycles. The van der Waals surface area contributed by atoms with Crippen molar-refractivity contribution in [2.75, 3.05) is 0 Å². The maximum Gasteiger partial charge on any atom is 0.220 e. The quantitative estimate of drug-likeness (QED) is 0.922. The maximum absolute atomic E-state index is 10.6. The van der Waals surface area contributed by atoms with Gasteiger partial charge in [-0.3, -0.25) is 9.59 Å². The number of hydrogen-bond donors (Lipinski definition) is 1. The summed E-state index contributed by atoms with van der Waals surface area (Å²) in [4.78, 5) is 21.1. The zero-order valence-electron chi connectivity index (χ0n) is 14.0. The highest BCUT2D eigenvalue weighted by Crippen LogP contribution is 2.44. The minimum atomic E-state index is -0.130. The molecule has 1 aromatic rings. The Morgan fingerprint density at radius 3 is 1.90 bits per heavy atom. The van der Waals surface area contributed by atoms with Crippen LogP contribution in [0.5, 0.6) is 0 Å². The molecular weight excluding hydrogens is 262 g/mol. The monoisotopic (exact) mass is 291 g/mol. The molecule has 1 amide bonds. The van der Waals surface area contributed by atoms with Gasteiger partial charge >= 0.3 is 0 Å². The molecule has 1 saturated carbocycles. The lowest BCUT2D eigenvalue weighted by atomic mass is 9.64. The molecule has 0 atom stereocenters. The molecule has 2 rings (SSSR count). The first-order chi connectivity index (χ1) is 9.80. The van der Waals surface area contributed by atoms with E-state index in [1.165, 1.54) is 0 Å². The van der Waals surface area contributed by atoms with Crippen molar-refractivity contribution >= 4 is 11.7 Å². The van der Waals surface area contributed by atoms with Crippen LogP contribution < -0.4 is 5.73 Å². The Balaban J connectivity index is 0.000000342. The van der Waals surface area contributed by atoms with Crippen molar-refractivity contribution in [1.29, 1.82) is 0 Å². The minimum absolute atomic E-state index is 0.130. The normalized spacial score (nSPS) is 15.5. The highest BCUT2D eigenvalue weighted by Gasteiger charge is 2.38. The van der Waals surface area contributed by atoms with E-state index in [-0.39, 0.29) is 17.6 Å². The molecule has 1 aliphatic carbocycles. The molecule has 0 bridgehead atoms. The van der Waals surface area contributed by atoms with Gasteiger partial charge in [-0.1, -0.05) is 58.0 Å². The van der Waals surface area contributed by atoms with E-state index in [0.717, 1.165) is 18.4 Å². The third kappa shape index (κ3) is 8.28. The zero-order valence-corrected chi connectivity index (χ0v) is 14.0. The Morgan fingerprint density at radius 2 is 1.62 bits per heavy atom. The SMILES string of the molecule is CC.CC(=O)Cc1ccccc1.CC1(C)CC(C(N)=O)C1. The number of rotatable bonds is 3. The smallest absolute Gasteiger partial charge is 0.220 e. The van der Waals surface area contributed by atoms with Crippen LogP contribution in [0.25, 0.3) is 0 Å². The summed E-state index contributed by atoms with van der Waals surface area (Å²) in [5, 5.41) is 0. The van der Waals surface area contributed by atoms with Gasteiger partial charge < -0.3 is 5.73 Å². The van der Waals surface area contributed by atoms with Crippen molar-refractivity contribution in [2.24, 2.45) is 17.1 Å². The highest BCUT2D eigenvalue weighted by molar-refractivity contribution is 5.78. The minimum Gasteiger partial charge on any atom is -0.369 e. The van der Waals surface area contributed by atoms with Crippen molar-refractivity contribution in [3.63, 3.8) is 0 Å². The Labute approximate surface area is 128 Å². The molecule has 1 fully saturated rings. The molecule has 0 radical (unpaired) electrons. The van der Waals surface area contributed by atoms with Gasteiger partial charge in [0.25, 0.3) is 0 Å². The second-order valence-corrected chi connectivity index (χ2v) is 6.04. The molecule has 1 aromatic carbocycles. The first-order valence-electron chi connectivity index (χ1n) is 7.63. The number of carbonyl (C=O) groups is 2. The van der Waals surface area contributed by atoms with Gasteiger partial charge in [-0.15, -0.1) is 0 Å². The maximum atomic E-state index is 10.6. The molecule has 0 aromatic heterocycles. The van der Waals surface area contributed by atoms with E-state index in [1.54, 1.807) is 6.92 Å². The molecule has 0 unspecified atom stereocenters. The Kier molecular flexibility index (Phi) is 8.60. The van der Waals surface area contributed by atoms with Gasteiger partial charge in [0.2, 0.25) is 5.91 Å². The number of hydrogen-bond acceptors (Lipinski definition) is 2. The number of ketones is 1. The standard InChI is InChI=1S/C9H10O.C7H13NO.C2H6/c1-8(10)7-9-5-3-2-4-6-9;1-7(2)3-5(4-7)6(8)9;1-2/h2-6H,7H2,1H3;5H,3-4H2,1-2H3,(H2,8,9);1-2H3. The van der Waals surface area contributed by atoms with Gasteiger partial charge in [-0.05, 0) is 30.7 Å². The fraction of sp³-hybridized carbons (Fsp3) is 0.556. The number of Topliss-reactive ketones (excluding diaryl/α,β-unsaturated/α-hetero) is 1. The summed E-state index contributed by atoms with van der Waals surface area (Å²) in [5.74, 6) is 0.250. The fourth-order valence-corrected chi connectivity index (χ4v) is 2.36. The summed E-state index contributed by atoms with van der Waals surface area (Å²) in [7, 11) is 0. The summed E-state index contributed by atoms with van der Waals surface area (Å²) in [6, 6.07) is 9.75. The van der Waals surface area contributed by atoms with Gasteiger partial charge in [0.15, 0.2) is 0 Å². The van der Waals surface area contributed by atoms with E-state index >= 15 is 0 Å². The molecule has 0 spiro atoms. The van der Waals surface area contributed by atoms with Crippen LogP contribution >= 0.6 is 0 Å². The lowest BCUT2D eigenvalue weighted by Gasteiger charge is -2.40. The molecule has 118 valence electrons. The van der Waals surface area contributed by atoms with Crippen LogP contribution in [-0.4, -0.2) is 11.7 Å². The molecule has 21 heavy (non-hydrogen) atoms. The number of nitrogens with two attached hydrogens (primary N) is 1. The van der Waals surface area contributed by atoms with E-state index in [1.807, 2.05) is 44.2 Å². The average Bonchev–Trinajstić information content (AvgIpc) is 2.39. The third-order valence-electron chi connectivity index (χ3n) is 3.30. The van der Waals surface area contributed by atoms with E-state index in [4.69, 9.17) is 5.73 Å². The van der Waals surface area contributed by atoms with E-state index in [0.29, 0.717) is 11.8 Å². The summed E-state index contributed by atoms with van der Waals surface area (Å²) in [6.45, 7) is 9.92. The van der Waals surface area contributed by atoms with Gasteiger partial charge in [-0.2, -0.15) is 0 Å². The van der Waals surface area contributed by atoms with Gasteiger partial charge in [0.1, 0.15) is 5.78 Å². The van der Waals surface area contributed by atoms with Crippen molar-refractivity contribution in [3.05, 3.63) is 35.9 Å². The van der Waals surface area contributed by atoms with Crippen molar-refractivity contribution in [1.82, 2.24) is 0 Å². The number of carbonyl (C=O) groups excluding carboxylic acids is 2. The molecule has 0 heterocycles. The Morgan fingerprint density at radius 1 is 1.14 bits per heavy atom. The first-order valence-corrected chi connectivity index (χ1v) is 7.63. The molecule has 0 saturated heterocycles. The van der Waals surface area contributed by atoms with Crippen LogP contribution in [0.2, 0.25) is 0 Å². The predicted molar refractivity (Wildman–Crippen MR) is 87.9 cm³/mol. The van der Waals surface area contributed by atoms with Gasteiger partial charge in [0, 0.05) is 12.3 Å². The second kappa shape index (κ2) is 9.32. The second-order valence-electron chi connectivity index (χ2n) is 6.04. The van der Waals surface area contributed by atoms with Crippen LogP contribution in [0.4, 0.5) is 0 Å². The lowest BCUT2D eigenvalue weighted by molar-refractivity contribution is -0.128. The van der Waals surface area contributed by atoms with E-state index in [2.05, 4.69) is 13.8 Å². The molecule has 3 nitrogen and oxygen atoms in total. The highest BCUT2D eigenvalue weighted by atomic mass is 16.1. The van der Waals surface area contributed by atoms with Crippen LogP contribution in [0.3, 0.4) is 0 Å². The largest absolute Gasteiger partial charge is 0.369 e. The van der Waals surface area contributed by atoms with Gasteiger partial charge in [-0.25, -0.2) is 0 Å². The topological polar surface area (TPSA) is 60.2 Å². The van der Waals surface area contributed by atoms with Crippen molar-refractivity contribution in [2.45, 2.75) is 53.9 Å². The summed E-state index contributed by atoms with van der Waals surface area (Å²) >= 11 is 0. The van der Waals surface area contributed by atoms with Crippen LogP contribution in [-0.2, 0) is 16.0 Å². The van der Waals surface area contributed by atoms with Crippen molar-refractivity contribution in [3.8, 4) is 0 Å². The summed E-state index contributed by atoms with van der Waals surface area (Å²) in [6.07, 6.45) is 2.51. The lowest BCUT2D eigenvalue weighted by Crippen LogP contribution is -2.40. The predicted octanol–water partition coefficient (Wildman–Crippen LogP) is 3.75. The van der Waals surface area contributed by atoms with Crippen molar-refractivity contribution < 1.29 is 9.59 Å². The fourth-order valence-electron chi connectivity index (χ4n) is 2.36. The Hall–Kier alpha value is -1.64. The van der Waals surface area contributed by atoms with E-state index < -0.39 is 0 Å². The molecular formula is C18H29NO2. The molecule has 1 aliphatic rings. The van der Waals surface area contributed by atoms with E-state index in [9.17, 15) is 9.59 Å². The summed E-state index contributed by atoms with van der Waals surface area (Å²) < 4.78 is 0. The van der Waals surface area contributed by atoms with Crippen LogP contribution in [0.15, 0.2) is 30.3 Å². The first kappa shape index (κ1) is 19.4. The third-order valence-corrected chi connectivity index (χ3v) is 3.30. The number of benzene rings is 1. The number of amides is 1. The Bertz CT molecular complexity index is 430. The van der Waals surface area contributed by atoms with Crippen LogP contribution in [0, 0.1) is 11.3 Å². The summed E-state index contributed by atoms with van der Waals surface area (Å²) in [5.41, 5.74) is 6.55. The average molecular weight is 291 g/mol. The molecule has 3 heteroatoms. The zero-order chi connectivity index (χ0) is 16.5. The van der Waals surface area contributed by atoms with Crippen LogP contribution in [0.1, 0.15) is 53.0 Å².